The Hall–Kier alpha value is -5.49. The van der Waals surface area contributed by atoms with E-state index in [1.54, 1.807) is 0 Å². The first kappa shape index (κ1) is 41.7. The van der Waals surface area contributed by atoms with E-state index in [0.29, 0.717) is 0 Å². The Bertz CT molecular complexity index is 1980. The van der Waals surface area contributed by atoms with Gasteiger partial charge >= 0.3 is 12.2 Å². The molecule has 0 spiro atoms. The third kappa shape index (κ3) is 11.3. The molecule has 296 valence electrons. The Morgan fingerprint density at radius 2 is 0.946 bits per heavy atom. The summed E-state index contributed by atoms with van der Waals surface area (Å²) in [5, 5.41) is 19.7. The fraction of sp³-hybridized carbons (Fsp3) is 0.333. The van der Waals surface area contributed by atoms with Gasteiger partial charge in [0, 0.05) is 52.1 Å². The molecule has 2 aliphatic rings. The van der Waals surface area contributed by atoms with Crippen LogP contribution in [0.15, 0.2) is 97.1 Å². The topological polar surface area (TPSA) is 181 Å². The molecule has 6 rings (SSSR count). The molecule has 0 fully saturated rings. The molecule has 13 nitrogen and oxygen atoms in total. The van der Waals surface area contributed by atoms with Crippen LogP contribution in [0.25, 0.3) is 22.3 Å². The molecule has 2 aliphatic carbocycles. The van der Waals surface area contributed by atoms with Crippen molar-refractivity contribution in [1.82, 2.24) is 21.3 Å². The first-order valence-electron chi connectivity index (χ1n) is 18.4. The number of rotatable bonds is 14. The lowest BCUT2D eigenvalue weighted by Crippen LogP contribution is -2.45. The lowest BCUT2D eigenvalue weighted by Gasteiger charge is -2.20. The van der Waals surface area contributed by atoms with Crippen LogP contribution in [-0.4, -0.2) is 94.0 Å². The van der Waals surface area contributed by atoms with Crippen molar-refractivity contribution in [1.29, 1.82) is 0 Å². The second-order valence-corrected chi connectivity index (χ2v) is 16.7. The number of aliphatic hydroxyl groups is 1. The van der Waals surface area contributed by atoms with Gasteiger partial charge in [-0.1, -0.05) is 97.1 Å². The van der Waals surface area contributed by atoms with Crippen LogP contribution in [0, 0.1) is 0 Å². The number of amides is 4. The van der Waals surface area contributed by atoms with E-state index in [0.717, 1.165) is 33.4 Å². The van der Waals surface area contributed by atoms with E-state index in [2.05, 4.69) is 69.8 Å². The molecule has 0 aliphatic heterocycles. The smallest absolute Gasteiger partial charge is 0.407 e. The predicted molar refractivity (Wildman–Crippen MR) is 214 cm³/mol. The van der Waals surface area contributed by atoms with E-state index < -0.39 is 31.6 Å². The molecule has 4 aromatic rings. The summed E-state index contributed by atoms with van der Waals surface area (Å²) in [4.78, 5) is 46.7. The molecule has 0 unspecified atom stereocenters. The third-order valence-electron chi connectivity index (χ3n) is 9.29. The highest BCUT2D eigenvalue weighted by Crippen LogP contribution is 2.45. The minimum atomic E-state index is -2.69. The first-order chi connectivity index (χ1) is 26.8. The zero-order chi connectivity index (χ0) is 40.2. The molecule has 5 N–H and O–H groups in total. The molecular formula is C42H49N4O9P. The summed E-state index contributed by atoms with van der Waals surface area (Å²) in [5.74, 6) is -0.556. The monoisotopic (exact) mass is 784 g/mol. The molecule has 0 saturated heterocycles. The number of fused-ring (bicyclic) bond motifs is 6. The highest BCUT2D eigenvalue weighted by molar-refractivity contribution is 7.57. The Morgan fingerprint density at radius 1 is 0.607 bits per heavy atom. The number of benzene rings is 4. The van der Waals surface area contributed by atoms with E-state index in [-0.39, 0.29) is 63.2 Å². The van der Waals surface area contributed by atoms with Gasteiger partial charge in [0.25, 0.3) is 0 Å². The van der Waals surface area contributed by atoms with Gasteiger partial charge in [-0.2, -0.15) is 0 Å². The van der Waals surface area contributed by atoms with Crippen molar-refractivity contribution in [2.75, 3.05) is 52.8 Å². The van der Waals surface area contributed by atoms with Crippen molar-refractivity contribution in [3.63, 3.8) is 0 Å². The van der Waals surface area contributed by atoms with Crippen LogP contribution in [0.4, 0.5) is 9.59 Å². The number of alkyl carbamates (subject to hydrolysis) is 2. The summed E-state index contributed by atoms with van der Waals surface area (Å²) in [6.45, 7) is 6.14. The van der Waals surface area contributed by atoms with E-state index >= 15 is 0 Å². The molecule has 4 aromatic carbocycles. The Labute approximate surface area is 327 Å². The molecule has 0 saturated carbocycles. The van der Waals surface area contributed by atoms with Crippen LogP contribution in [0.1, 0.15) is 47.9 Å². The molecule has 0 radical (unpaired) electrons. The van der Waals surface area contributed by atoms with Gasteiger partial charge in [0.05, 0.1) is 25.3 Å². The summed E-state index contributed by atoms with van der Waals surface area (Å²) >= 11 is 0. The summed E-state index contributed by atoms with van der Waals surface area (Å²) in [6.07, 6.45) is -1.15. The third-order valence-corrected chi connectivity index (χ3v) is 10.1. The van der Waals surface area contributed by atoms with E-state index in [1.165, 1.54) is 38.3 Å². The SMILES string of the molecule is CC(=O)N[C@@H](CO)CNC(=O)OCC1c2ccccc2-c2ccccc21.CC(=O)N[C@H](CNC(=O)OCC1c2ccccc2-c2ccccc21)COP(C)(C)=O. The van der Waals surface area contributed by atoms with Crippen molar-refractivity contribution in [3.05, 3.63) is 119 Å². The average Bonchev–Trinajstić information content (AvgIpc) is 3.67. The van der Waals surface area contributed by atoms with Crippen molar-refractivity contribution >= 4 is 31.4 Å². The van der Waals surface area contributed by atoms with Gasteiger partial charge in [0.1, 0.15) is 13.2 Å². The quantitative estimate of drug-likeness (QED) is 0.102. The lowest BCUT2D eigenvalue weighted by molar-refractivity contribution is -0.120. The second-order valence-electron chi connectivity index (χ2n) is 13.9. The predicted octanol–water partition coefficient (Wildman–Crippen LogP) is 5.61. The van der Waals surface area contributed by atoms with E-state index in [1.807, 2.05) is 48.5 Å². The zero-order valence-electron chi connectivity index (χ0n) is 32.0. The lowest BCUT2D eigenvalue weighted by atomic mass is 9.98. The van der Waals surface area contributed by atoms with Gasteiger partial charge in [-0.15, -0.1) is 0 Å². The molecule has 0 aromatic heterocycles. The maximum absolute atomic E-state index is 12.3. The summed E-state index contributed by atoms with van der Waals surface area (Å²) in [6, 6.07) is 31.4. The fourth-order valence-corrected chi connectivity index (χ4v) is 7.41. The van der Waals surface area contributed by atoms with Gasteiger partial charge in [0.15, 0.2) is 7.37 Å². The van der Waals surface area contributed by atoms with Crippen molar-refractivity contribution in [2.45, 2.75) is 37.8 Å². The Morgan fingerprint density at radius 3 is 1.29 bits per heavy atom. The molecule has 56 heavy (non-hydrogen) atoms. The van der Waals surface area contributed by atoms with Gasteiger partial charge in [-0.05, 0) is 44.5 Å². The number of ether oxygens (including phenoxy) is 2. The van der Waals surface area contributed by atoms with Crippen molar-refractivity contribution < 1.29 is 42.8 Å². The van der Waals surface area contributed by atoms with Crippen LogP contribution in [0.5, 0.6) is 0 Å². The summed E-state index contributed by atoms with van der Waals surface area (Å²) in [7, 11) is -2.69. The van der Waals surface area contributed by atoms with E-state index in [9.17, 15) is 28.8 Å². The minimum Gasteiger partial charge on any atom is -0.449 e. The highest BCUT2D eigenvalue weighted by atomic mass is 31.2. The molecule has 4 amide bonds. The van der Waals surface area contributed by atoms with Gasteiger partial charge in [-0.25, -0.2) is 9.59 Å². The number of aliphatic hydroxyl groups excluding tert-OH is 1. The molecule has 2 atom stereocenters. The van der Waals surface area contributed by atoms with Crippen LogP contribution >= 0.6 is 7.37 Å². The summed E-state index contributed by atoms with van der Waals surface area (Å²) in [5.41, 5.74) is 9.23. The number of carbonyl (C=O) groups excluding carboxylic acids is 4. The largest absolute Gasteiger partial charge is 0.449 e. The van der Waals surface area contributed by atoms with Gasteiger partial charge < -0.3 is 40.4 Å². The minimum absolute atomic E-state index is 0.00265. The maximum atomic E-state index is 12.3. The second kappa shape index (κ2) is 19.4. The van der Waals surface area contributed by atoms with Crippen LogP contribution in [0.2, 0.25) is 0 Å². The average molecular weight is 785 g/mol. The Balaban J connectivity index is 0.000000216. The van der Waals surface area contributed by atoms with Crippen LogP contribution < -0.4 is 21.3 Å². The van der Waals surface area contributed by atoms with Crippen LogP contribution in [0.3, 0.4) is 0 Å². The number of hydrogen-bond donors (Lipinski definition) is 5. The Kier molecular flexibility index (Phi) is 14.4. The molecule has 14 heteroatoms. The van der Waals surface area contributed by atoms with Crippen molar-refractivity contribution in [2.24, 2.45) is 0 Å². The molecular weight excluding hydrogens is 735 g/mol. The molecule has 0 heterocycles. The fourth-order valence-electron chi connectivity index (χ4n) is 6.87. The van der Waals surface area contributed by atoms with E-state index in [4.69, 9.17) is 14.0 Å². The maximum Gasteiger partial charge on any atom is 0.407 e. The van der Waals surface area contributed by atoms with Gasteiger partial charge in [-0.3, -0.25) is 14.2 Å². The zero-order valence-corrected chi connectivity index (χ0v) is 32.8. The summed E-state index contributed by atoms with van der Waals surface area (Å²) < 4.78 is 27.9. The standard InChI is InChI=1S/C22H27N2O5P.C20H22N2O4/c1-15(25)24-16(13-29-30(2,3)27)12-23-22(26)28-14-21-19-10-6-4-8-17(19)18-9-5-7-11-20(18)21;1-13(24)22-14(11-23)10-21-20(25)26-12-19-17-8-4-2-6-15(17)16-7-3-5-9-18(16)19/h4-11,16,21H,12-14H2,1-3H3,(H,23,26)(H,24,25);2-9,14,19,23H,10-12H2,1H3,(H,21,25)(H,22,24)/t16-;14-/m11/s1. The van der Waals surface area contributed by atoms with Crippen molar-refractivity contribution in [3.8, 4) is 22.3 Å². The number of nitrogens with one attached hydrogen (secondary N) is 4. The number of carbonyl (C=O) groups is 4. The normalized spacial score (nSPS) is 13.7. The molecule has 0 bridgehead atoms. The van der Waals surface area contributed by atoms with Gasteiger partial charge in [0.2, 0.25) is 11.8 Å². The highest BCUT2D eigenvalue weighted by Gasteiger charge is 2.30. The van der Waals surface area contributed by atoms with Crippen LogP contribution in [-0.2, 0) is 28.2 Å². The first-order valence-corrected chi connectivity index (χ1v) is 20.9. The number of hydrogen-bond acceptors (Lipinski definition) is 9.